The van der Waals surface area contributed by atoms with E-state index in [0.29, 0.717) is 21.6 Å². The number of hydrogen-bond acceptors (Lipinski definition) is 4. The largest absolute Gasteiger partial charge is 0.464 e. The van der Waals surface area contributed by atoms with Gasteiger partial charge in [-0.05, 0) is 42.1 Å². The molecule has 0 aliphatic rings. The number of halogens is 2. The molecule has 0 aliphatic carbocycles. The number of hydrogen-bond donors (Lipinski definition) is 1. The van der Waals surface area contributed by atoms with Crippen LogP contribution in [0.25, 0.3) is 16.6 Å². The standard InChI is InChI=1S/C18H14Cl2N2O3/c1-25-18(24)16-14(10-21-20)17(23)13-8-7-11(19)9-15(13)22(16)12-5-3-2-4-6-12/h2-9,21H,10H2,1H3. The second kappa shape index (κ2) is 7.27. The molecule has 0 atom stereocenters. The van der Waals surface area contributed by atoms with Crippen molar-refractivity contribution in [3.05, 3.63) is 75.0 Å². The average Bonchev–Trinajstić information content (AvgIpc) is 2.63. The van der Waals surface area contributed by atoms with Crippen molar-refractivity contribution >= 4 is 40.2 Å². The summed E-state index contributed by atoms with van der Waals surface area (Å²) in [4.78, 5) is 27.8. The number of benzene rings is 2. The van der Waals surface area contributed by atoms with E-state index in [1.54, 1.807) is 22.8 Å². The summed E-state index contributed by atoms with van der Waals surface area (Å²) in [6.45, 7) is 0.0101. The first-order valence-electron chi connectivity index (χ1n) is 7.43. The number of methoxy groups -OCH3 is 1. The number of esters is 1. The fourth-order valence-corrected chi connectivity index (χ4v) is 3.09. The van der Waals surface area contributed by atoms with Crippen molar-refractivity contribution in [3.8, 4) is 5.69 Å². The summed E-state index contributed by atoms with van der Waals surface area (Å²) < 4.78 is 6.58. The summed E-state index contributed by atoms with van der Waals surface area (Å²) in [6.07, 6.45) is 0. The molecular weight excluding hydrogens is 363 g/mol. The quantitative estimate of drug-likeness (QED) is 0.557. The lowest BCUT2D eigenvalue weighted by Crippen LogP contribution is -2.26. The predicted molar refractivity (Wildman–Crippen MR) is 98.6 cm³/mol. The number of nitrogens with zero attached hydrogens (tertiary/aromatic N) is 1. The Balaban J connectivity index is 2.55. The maximum absolute atomic E-state index is 12.9. The van der Waals surface area contributed by atoms with Crippen LogP contribution in [-0.2, 0) is 11.3 Å². The van der Waals surface area contributed by atoms with Gasteiger partial charge in [-0.2, -0.15) is 0 Å². The van der Waals surface area contributed by atoms with Crippen LogP contribution in [0.2, 0.25) is 5.02 Å². The van der Waals surface area contributed by atoms with Gasteiger partial charge in [0, 0.05) is 28.2 Å². The molecule has 0 fully saturated rings. The van der Waals surface area contributed by atoms with E-state index >= 15 is 0 Å². The fourth-order valence-electron chi connectivity index (χ4n) is 2.79. The van der Waals surface area contributed by atoms with Crippen LogP contribution >= 0.6 is 23.4 Å². The highest BCUT2D eigenvalue weighted by molar-refractivity contribution is 6.31. The van der Waals surface area contributed by atoms with E-state index in [4.69, 9.17) is 28.1 Å². The third-order valence-corrected chi connectivity index (χ3v) is 4.23. The van der Waals surface area contributed by atoms with Crippen molar-refractivity contribution in [2.45, 2.75) is 6.54 Å². The zero-order valence-electron chi connectivity index (χ0n) is 13.3. The highest BCUT2D eigenvalue weighted by Crippen LogP contribution is 2.25. The molecule has 25 heavy (non-hydrogen) atoms. The Hall–Kier alpha value is -2.34. The zero-order valence-corrected chi connectivity index (χ0v) is 14.8. The molecule has 3 rings (SSSR count). The van der Waals surface area contributed by atoms with Crippen LogP contribution < -0.4 is 10.3 Å². The Morgan fingerprint density at radius 1 is 1.20 bits per heavy atom. The fraction of sp³-hybridized carbons (Fsp3) is 0.111. The number of carbonyl (C=O) groups is 1. The van der Waals surface area contributed by atoms with E-state index in [2.05, 4.69) is 4.84 Å². The van der Waals surface area contributed by atoms with E-state index < -0.39 is 5.97 Å². The summed E-state index contributed by atoms with van der Waals surface area (Å²) >= 11 is 11.8. The van der Waals surface area contributed by atoms with E-state index in [9.17, 15) is 9.59 Å². The molecule has 0 radical (unpaired) electrons. The van der Waals surface area contributed by atoms with Gasteiger partial charge in [0.15, 0.2) is 5.43 Å². The van der Waals surface area contributed by atoms with Crippen LogP contribution in [0.3, 0.4) is 0 Å². The van der Waals surface area contributed by atoms with Crippen molar-refractivity contribution in [3.63, 3.8) is 0 Å². The summed E-state index contributed by atoms with van der Waals surface area (Å²) in [6, 6.07) is 14.1. The third kappa shape index (κ3) is 3.14. The number of carbonyl (C=O) groups excluding carboxylic acids is 1. The molecule has 3 aromatic rings. The second-order valence-corrected chi connectivity index (χ2v) is 5.99. The minimum absolute atomic E-state index is 0.0101. The van der Waals surface area contributed by atoms with Gasteiger partial charge in [0.1, 0.15) is 5.69 Å². The molecule has 0 saturated heterocycles. The monoisotopic (exact) mass is 376 g/mol. The molecule has 1 N–H and O–H groups in total. The first kappa shape index (κ1) is 17.5. The normalized spacial score (nSPS) is 10.8. The summed E-state index contributed by atoms with van der Waals surface area (Å²) in [5, 5.41) is 0.887. The molecule has 0 unspecified atom stereocenters. The van der Waals surface area contributed by atoms with Crippen LogP contribution in [0.5, 0.6) is 0 Å². The maximum Gasteiger partial charge on any atom is 0.355 e. The number of rotatable bonds is 4. The van der Waals surface area contributed by atoms with Gasteiger partial charge in [0.2, 0.25) is 0 Å². The van der Waals surface area contributed by atoms with Crippen LogP contribution in [0, 0.1) is 0 Å². The smallest absolute Gasteiger partial charge is 0.355 e. The number of nitrogens with one attached hydrogen (secondary N) is 1. The molecule has 0 bridgehead atoms. The minimum atomic E-state index is -0.634. The van der Waals surface area contributed by atoms with Crippen LogP contribution in [0.15, 0.2) is 53.3 Å². The van der Waals surface area contributed by atoms with Crippen LogP contribution in [-0.4, -0.2) is 17.6 Å². The maximum atomic E-state index is 12.9. The van der Waals surface area contributed by atoms with Gasteiger partial charge < -0.3 is 9.30 Å². The second-order valence-electron chi connectivity index (χ2n) is 5.29. The first-order chi connectivity index (χ1) is 12.1. The number of para-hydroxylation sites is 1. The summed E-state index contributed by atoms with van der Waals surface area (Å²) in [5.41, 5.74) is 1.25. The Bertz CT molecular complexity index is 1000. The van der Waals surface area contributed by atoms with Crippen LogP contribution in [0.1, 0.15) is 16.1 Å². The van der Waals surface area contributed by atoms with Gasteiger partial charge >= 0.3 is 5.97 Å². The lowest BCUT2D eigenvalue weighted by Gasteiger charge is -2.19. The van der Waals surface area contributed by atoms with Gasteiger partial charge in [-0.15, -0.1) is 0 Å². The SMILES string of the molecule is COC(=O)c1c(CNCl)c(=O)c2ccc(Cl)cc2n1-c1ccccc1. The molecule has 0 spiro atoms. The van der Waals surface area contributed by atoms with Crippen molar-refractivity contribution in [1.82, 2.24) is 9.40 Å². The zero-order chi connectivity index (χ0) is 18.0. The molecule has 1 heterocycles. The van der Waals surface area contributed by atoms with Gasteiger partial charge in [-0.25, -0.2) is 9.63 Å². The Morgan fingerprint density at radius 2 is 1.92 bits per heavy atom. The molecule has 0 aliphatic heterocycles. The third-order valence-electron chi connectivity index (χ3n) is 3.87. The number of ether oxygens (including phenoxy) is 1. The lowest BCUT2D eigenvalue weighted by molar-refractivity contribution is 0.0589. The highest BCUT2D eigenvalue weighted by atomic mass is 35.5. The van der Waals surface area contributed by atoms with Crippen molar-refractivity contribution in [2.24, 2.45) is 0 Å². The van der Waals surface area contributed by atoms with E-state index in [0.717, 1.165) is 0 Å². The summed E-state index contributed by atoms with van der Waals surface area (Å²) in [7, 11) is 1.27. The number of pyridine rings is 1. The molecule has 0 amide bonds. The van der Waals surface area contributed by atoms with E-state index in [1.165, 1.54) is 7.11 Å². The van der Waals surface area contributed by atoms with Gasteiger partial charge in [-0.1, -0.05) is 29.8 Å². The van der Waals surface area contributed by atoms with Crippen molar-refractivity contribution in [2.75, 3.05) is 7.11 Å². The summed E-state index contributed by atoms with van der Waals surface area (Å²) in [5.74, 6) is -0.634. The number of fused-ring (bicyclic) bond motifs is 1. The first-order valence-corrected chi connectivity index (χ1v) is 8.18. The van der Waals surface area contributed by atoms with E-state index in [-0.39, 0.29) is 23.2 Å². The molecular formula is C18H14Cl2N2O3. The van der Waals surface area contributed by atoms with E-state index in [1.807, 2.05) is 30.3 Å². The van der Waals surface area contributed by atoms with Gasteiger partial charge in [-0.3, -0.25) is 4.79 Å². The molecule has 128 valence electrons. The predicted octanol–water partition coefficient (Wildman–Crippen LogP) is 3.67. The topological polar surface area (TPSA) is 60.3 Å². The van der Waals surface area contributed by atoms with Gasteiger partial charge in [0.25, 0.3) is 0 Å². The Kier molecular flexibility index (Phi) is 5.08. The Labute approximate surface area is 153 Å². The van der Waals surface area contributed by atoms with Crippen molar-refractivity contribution in [1.29, 1.82) is 0 Å². The van der Waals surface area contributed by atoms with Crippen LogP contribution in [0.4, 0.5) is 0 Å². The highest BCUT2D eigenvalue weighted by Gasteiger charge is 2.23. The molecule has 5 nitrogen and oxygen atoms in total. The molecule has 2 aromatic carbocycles. The molecule has 1 aromatic heterocycles. The molecule has 7 heteroatoms. The van der Waals surface area contributed by atoms with Crippen molar-refractivity contribution < 1.29 is 9.53 Å². The van der Waals surface area contributed by atoms with Gasteiger partial charge in [0.05, 0.1) is 12.6 Å². The molecule has 0 saturated carbocycles. The number of aromatic nitrogens is 1. The Morgan fingerprint density at radius 3 is 2.56 bits per heavy atom. The minimum Gasteiger partial charge on any atom is -0.464 e. The average molecular weight is 377 g/mol. The lowest BCUT2D eigenvalue weighted by atomic mass is 10.1.